The SMILES string of the molecule is CCCN(CCC)C(=O)Cc1csc(SCC(=O)Nc2cccc3ccccc23)n1. The molecule has 0 spiro atoms. The average Bonchev–Trinajstić information content (AvgIpc) is 3.19. The first-order chi connectivity index (χ1) is 14.6. The molecule has 0 saturated carbocycles. The molecule has 0 fully saturated rings. The maximum absolute atomic E-state index is 12.5. The van der Waals surface area contributed by atoms with E-state index in [1.54, 1.807) is 0 Å². The quantitative estimate of drug-likeness (QED) is 0.438. The Labute approximate surface area is 185 Å². The van der Waals surface area contributed by atoms with E-state index in [9.17, 15) is 9.59 Å². The van der Waals surface area contributed by atoms with Crippen molar-refractivity contribution in [3.05, 3.63) is 53.5 Å². The second-order valence-electron chi connectivity index (χ2n) is 7.03. The molecule has 0 unspecified atom stereocenters. The number of carbonyl (C=O) groups excluding carboxylic acids is 2. The van der Waals surface area contributed by atoms with Gasteiger partial charge in [-0.3, -0.25) is 9.59 Å². The molecule has 30 heavy (non-hydrogen) atoms. The van der Waals surface area contributed by atoms with Gasteiger partial charge in [-0.25, -0.2) is 4.98 Å². The number of anilines is 1. The second-order valence-corrected chi connectivity index (χ2v) is 9.11. The lowest BCUT2D eigenvalue weighted by Gasteiger charge is -2.20. The molecular weight excluding hydrogens is 414 g/mol. The minimum Gasteiger partial charge on any atom is -0.342 e. The number of carbonyl (C=O) groups is 2. The molecule has 0 radical (unpaired) electrons. The Morgan fingerprint density at radius 3 is 2.57 bits per heavy atom. The summed E-state index contributed by atoms with van der Waals surface area (Å²) >= 11 is 2.88. The molecule has 1 aromatic heterocycles. The Hall–Kier alpha value is -2.38. The molecule has 2 aromatic carbocycles. The van der Waals surface area contributed by atoms with E-state index in [0.29, 0.717) is 6.42 Å². The third-order valence-electron chi connectivity index (χ3n) is 4.59. The number of rotatable bonds is 10. The first-order valence-corrected chi connectivity index (χ1v) is 12.1. The number of hydrogen-bond acceptors (Lipinski definition) is 5. The molecule has 0 aliphatic carbocycles. The third-order valence-corrected chi connectivity index (χ3v) is 6.66. The molecule has 1 N–H and O–H groups in total. The molecule has 3 rings (SSSR count). The Morgan fingerprint density at radius 1 is 1.07 bits per heavy atom. The maximum Gasteiger partial charge on any atom is 0.234 e. The Balaban J connectivity index is 1.53. The molecule has 3 aromatic rings. The Bertz CT molecular complexity index is 992. The van der Waals surface area contributed by atoms with Crippen LogP contribution in [0.1, 0.15) is 32.4 Å². The summed E-state index contributed by atoms with van der Waals surface area (Å²) in [6.07, 6.45) is 2.23. The summed E-state index contributed by atoms with van der Waals surface area (Å²) in [5.74, 6) is 0.331. The van der Waals surface area contributed by atoms with Crippen molar-refractivity contribution in [1.29, 1.82) is 0 Å². The fourth-order valence-electron chi connectivity index (χ4n) is 3.25. The first kappa shape index (κ1) is 22.3. The number of thiazole rings is 1. The predicted molar refractivity (Wildman–Crippen MR) is 126 cm³/mol. The zero-order valence-corrected chi connectivity index (χ0v) is 19.0. The fourth-order valence-corrected chi connectivity index (χ4v) is 4.90. The van der Waals surface area contributed by atoms with E-state index in [1.165, 1.54) is 23.1 Å². The average molecular weight is 442 g/mol. The second kappa shape index (κ2) is 11.1. The van der Waals surface area contributed by atoms with E-state index in [1.807, 2.05) is 52.7 Å². The van der Waals surface area contributed by atoms with Crippen LogP contribution in [0.5, 0.6) is 0 Å². The largest absolute Gasteiger partial charge is 0.342 e. The molecule has 0 aliphatic heterocycles. The highest BCUT2D eigenvalue weighted by molar-refractivity contribution is 8.01. The molecule has 0 atom stereocenters. The van der Waals surface area contributed by atoms with Gasteiger partial charge in [0.2, 0.25) is 11.8 Å². The van der Waals surface area contributed by atoms with Crippen molar-refractivity contribution in [2.24, 2.45) is 0 Å². The molecule has 0 aliphatic rings. The summed E-state index contributed by atoms with van der Waals surface area (Å²) in [5.41, 5.74) is 1.59. The summed E-state index contributed by atoms with van der Waals surface area (Å²) in [4.78, 5) is 31.4. The normalized spacial score (nSPS) is 10.9. The van der Waals surface area contributed by atoms with Crippen LogP contribution in [0.2, 0.25) is 0 Å². The monoisotopic (exact) mass is 441 g/mol. The number of amides is 2. The van der Waals surface area contributed by atoms with Crippen LogP contribution in [0, 0.1) is 0 Å². The smallest absolute Gasteiger partial charge is 0.234 e. The summed E-state index contributed by atoms with van der Waals surface area (Å²) in [5, 5.41) is 7.03. The van der Waals surface area contributed by atoms with Crippen molar-refractivity contribution in [3.63, 3.8) is 0 Å². The number of benzene rings is 2. The minimum absolute atomic E-state index is 0.0683. The van der Waals surface area contributed by atoms with Crippen LogP contribution < -0.4 is 5.32 Å². The van der Waals surface area contributed by atoms with Gasteiger partial charge in [0.15, 0.2) is 4.34 Å². The van der Waals surface area contributed by atoms with Gasteiger partial charge in [-0.2, -0.15) is 0 Å². The topological polar surface area (TPSA) is 62.3 Å². The fraction of sp³-hybridized carbons (Fsp3) is 0.348. The molecule has 0 saturated heterocycles. The van der Waals surface area contributed by atoms with Crippen LogP contribution >= 0.6 is 23.1 Å². The van der Waals surface area contributed by atoms with Crippen molar-refractivity contribution < 1.29 is 9.59 Å². The lowest BCUT2D eigenvalue weighted by atomic mass is 10.1. The first-order valence-electron chi connectivity index (χ1n) is 10.2. The molecule has 7 heteroatoms. The van der Waals surface area contributed by atoms with Gasteiger partial charge in [0.25, 0.3) is 0 Å². The van der Waals surface area contributed by atoms with Crippen LogP contribution in [-0.2, 0) is 16.0 Å². The number of nitrogens with zero attached hydrogens (tertiary/aromatic N) is 2. The summed E-state index contributed by atoms with van der Waals surface area (Å²) < 4.78 is 0.809. The number of fused-ring (bicyclic) bond motifs is 1. The molecular formula is C23H27N3O2S2. The molecule has 2 amide bonds. The number of thioether (sulfide) groups is 1. The van der Waals surface area contributed by atoms with Gasteiger partial charge in [0.1, 0.15) is 0 Å². The van der Waals surface area contributed by atoms with E-state index in [2.05, 4.69) is 24.1 Å². The third kappa shape index (κ3) is 6.06. The van der Waals surface area contributed by atoms with Gasteiger partial charge < -0.3 is 10.2 Å². The summed E-state index contributed by atoms with van der Waals surface area (Å²) in [7, 11) is 0. The zero-order valence-electron chi connectivity index (χ0n) is 17.4. The number of hydrogen-bond donors (Lipinski definition) is 1. The number of aromatic nitrogens is 1. The molecule has 5 nitrogen and oxygen atoms in total. The molecule has 0 bridgehead atoms. The summed E-state index contributed by atoms with van der Waals surface area (Å²) in [6.45, 7) is 5.73. The lowest BCUT2D eigenvalue weighted by molar-refractivity contribution is -0.130. The standard InChI is InChI=1S/C23H27N3O2S2/c1-3-12-26(13-4-2)22(28)14-18-15-29-23(24-18)30-16-21(27)25-20-11-7-9-17-8-5-6-10-19(17)20/h5-11,15H,3-4,12-14,16H2,1-2H3,(H,25,27). The maximum atomic E-state index is 12.5. The van der Waals surface area contributed by atoms with E-state index in [-0.39, 0.29) is 17.6 Å². The molecule has 158 valence electrons. The Kier molecular flexibility index (Phi) is 8.28. The Morgan fingerprint density at radius 2 is 1.80 bits per heavy atom. The minimum atomic E-state index is -0.0683. The summed E-state index contributed by atoms with van der Waals surface area (Å²) in [6, 6.07) is 13.9. The highest BCUT2D eigenvalue weighted by atomic mass is 32.2. The van der Waals surface area contributed by atoms with Gasteiger partial charge in [-0.15, -0.1) is 11.3 Å². The van der Waals surface area contributed by atoms with E-state index in [0.717, 1.165) is 52.4 Å². The van der Waals surface area contributed by atoms with Gasteiger partial charge in [-0.05, 0) is 24.3 Å². The van der Waals surface area contributed by atoms with E-state index in [4.69, 9.17) is 0 Å². The van der Waals surface area contributed by atoms with Crippen LogP contribution in [0.3, 0.4) is 0 Å². The predicted octanol–water partition coefficient (Wildman–Crippen LogP) is 5.22. The van der Waals surface area contributed by atoms with E-state index >= 15 is 0 Å². The van der Waals surface area contributed by atoms with Crippen molar-refractivity contribution in [1.82, 2.24) is 9.88 Å². The zero-order chi connectivity index (χ0) is 21.3. The van der Waals surface area contributed by atoms with E-state index < -0.39 is 0 Å². The number of nitrogens with one attached hydrogen (secondary N) is 1. The van der Waals surface area contributed by atoms with Crippen LogP contribution in [0.4, 0.5) is 5.69 Å². The van der Waals surface area contributed by atoms with Gasteiger partial charge in [0.05, 0.1) is 17.9 Å². The van der Waals surface area contributed by atoms with Gasteiger partial charge in [0, 0.05) is 29.5 Å². The van der Waals surface area contributed by atoms with Gasteiger partial charge >= 0.3 is 0 Å². The van der Waals surface area contributed by atoms with Gasteiger partial charge in [-0.1, -0.05) is 62.0 Å². The van der Waals surface area contributed by atoms with Crippen molar-refractivity contribution in [2.45, 2.75) is 37.4 Å². The molecule has 1 heterocycles. The van der Waals surface area contributed by atoms with Crippen LogP contribution in [-0.4, -0.2) is 40.5 Å². The van der Waals surface area contributed by atoms with Crippen molar-refractivity contribution in [3.8, 4) is 0 Å². The highest BCUT2D eigenvalue weighted by Gasteiger charge is 2.15. The van der Waals surface area contributed by atoms with Crippen molar-refractivity contribution in [2.75, 3.05) is 24.2 Å². The van der Waals surface area contributed by atoms with Crippen molar-refractivity contribution >= 4 is 51.4 Å². The highest BCUT2D eigenvalue weighted by Crippen LogP contribution is 2.25. The lowest BCUT2D eigenvalue weighted by Crippen LogP contribution is -2.33. The van der Waals surface area contributed by atoms with Crippen LogP contribution in [0.15, 0.2) is 52.2 Å². The van der Waals surface area contributed by atoms with Crippen LogP contribution in [0.25, 0.3) is 10.8 Å².